The first kappa shape index (κ1) is 22.9. The molecule has 3 heterocycles. The van der Waals surface area contributed by atoms with Gasteiger partial charge >= 0.3 is 12.1 Å². The van der Waals surface area contributed by atoms with Gasteiger partial charge in [-0.1, -0.05) is 6.07 Å². The maximum atomic E-state index is 13.8. The van der Waals surface area contributed by atoms with Gasteiger partial charge in [0.25, 0.3) is 11.8 Å². The van der Waals surface area contributed by atoms with E-state index in [4.69, 9.17) is 19.4 Å². The van der Waals surface area contributed by atoms with Gasteiger partial charge in [0.2, 0.25) is 0 Å². The van der Waals surface area contributed by atoms with Crippen molar-refractivity contribution in [1.82, 2.24) is 9.88 Å². The third-order valence-electron chi connectivity index (χ3n) is 4.76. The number of fused-ring (bicyclic) bond motifs is 1. The van der Waals surface area contributed by atoms with E-state index >= 15 is 0 Å². The molecule has 3 atom stereocenters. The number of nitrogens with zero attached hydrogens (tertiary/aromatic N) is 2. The van der Waals surface area contributed by atoms with E-state index in [1.807, 2.05) is 22.4 Å². The summed E-state index contributed by atoms with van der Waals surface area (Å²) in [7, 11) is 0. The van der Waals surface area contributed by atoms with E-state index < -0.39 is 18.0 Å². The molecule has 7 nitrogen and oxygen atoms in total. The fourth-order valence-corrected chi connectivity index (χ4v) is 4.12. The molecule has 31 heavy (non-hydrogen) atoms. The van der Waals surface area contributed by atoms with Crippen molar-refractivity contribution in [3.8, 4) is 5.88 Å². The Labute approximate surface area is 178 Å². The second kappa shape index (κ2) is 9.60. The summed E-state index contributed by atoms with van der Waals surface area (Å²) in [5.74, 6) is -3.21. The molecule has 168 valence electrons. The molecule has 1 amide bonds. The predicted molar refractivity (Wildman–Crippen MR) is 100 cm³/mol. The van der Waals surface area contributed by atoms with Crippen LogP contribution in [-0.2, 0) is 9.53 Å². The van der Waals surface area contributed by atoms with Crippen molar-refractivity contribution in [2.75, 3.05) is 13.2 Å². The average Bonchev–Trinajstić information content (AvgIpc) is 3.39. The largest absolute Gasteiger partial charge is 0.490 e. The van der Waals surface area contributed by atoms with Crippen LogP contribution >= 0.6 is 11.3 Å². The van der Waals surface area contributed by atoms with Crippen LogP contribution < -0.4 is 4.74 Å². The maximum absolute atomic E-state index is 13.8. The Balaban J connectivity index is 0.000000339. The number of alkyl halides is 3. The summed E-state index contributed by atoms with van der Waals surface area (Å²) in [4.78, 5) is 28.1. The number of hydrogen-bond donors (Lipinski definition) is 1. The van der Waals surface area contributed by atoms with Crippen LogP contribution in [0.3, 0.4) is 0 Å². The minimum atomic E-state index is -5.08. The summed E-state index contributed by atoms with van der Waals surface area (Å²) in [6.45, 7) is 1.03. The normalized spacial score (nSPS) is 22.8. The van der Waals surface area contributed by atoms with E-state index in [9.17, 15) is 22.4 Å². The first-order valence-electron chi connectivity index (χ1n) is 9.22. The topological polar surface area (TPSA) is 89.0 Å². The highest BCUT2D eigenvalue weighted by Gasteiger charge is 2.46. The van der Waals surface area contributed by atoms with Crippen LogP contribution in [0.25, 0.3) is 0 Å². The quantitative estimate of drug-likeness (QED) is 0.704. The van der Waals surface area contributed by atoms with E-state index in [1.54, 1.807) is 0 Å². The molecule has 2 aromatic heterocycles. The molecule has 1 aliphatic carbocycles. The van der Waals surface area contributed by atoms with Gasteiger partial charge in [0.15, 0.2) is 5.82 Å². The summed E-state index contributed by atoms with van der Waals surface area (Å²) >= 11 is 1.44. The van der Waals surface area contributed by atoms with Crippen molar-refractivity contribution in [3.05, 3.63) is 46.5 Å². The number of hydrogen-bond acceptors (Lipinski definition) is 6. The molecule has 0 bridgehead atoms. The highest BCUT2D eigenvalue weighted by atomic mass is 32.1. The monoisotopic (exact) mass is 462 g/mol. The van der Waals surface area contributed by atoms with E-state index in [-0.39, 0.29) is 30.0 Å². The molecule has 0 radical (unpaired) electrons. The maximum Gasteiger partial charge on any atom is 0.490 e. The van der Waals surface area contributed by atoms with E-state index in [2.05, 4.69) is 4.98 Å². The van der Waals surface area contributed by atoms with Gasteiger partial charge in [-0.3, -0.25) is 4.79 Å². The molecule has 2 aliphatic rings. The third kappa shape index (κ3) is 5.50. The first-order valence-corrected chi connectivity index (χ1v) is 10.1. The van der Waals surface area contributed by atoms with Gasteiger partial charge in [-0.25, -0.2) is 14.2 Å². The number of ether oxygens (including phenoxy) is 2. The Morgan fingerprint density at radius 2 is 2.00 bits per heavy atom. The highest BCUT2D eigenvalue weighted by molar-refractivity contribution is 7.12. The molecule has 0 aromatic carbocycles. The van der Waals surface area contributed by atoms with E-state index in [0.717, 1.165) is 11.3 Å². The van der Waals surface area contributed by atoms with Gasteiger partial charge in [0, 0.05) is 12.7 Å². The molecule has 12 heteroatoms. The van der Waals surface area contributed by atoms with Crippen molar-refractivity contribution in [2.24, 2.45) is 0 Å². The fourth-order valence-electron chi connectivity index (χ4n) is 3.44. The summed E-state index contributed by atoms with van der Waals surface area (Å²) in [5.41, 5.74) is 0. The van der Waals surface area contributed by atoms with Crippen molar-refractivity contribution >= 4 is 23.2 Å². The summed E-state index contributed by atoms with van der Waals surface area (Å²) in [6.07, 6.45) is -2.64. The first-order chi connectivity index (χ1) is 14.7. The van der Waals surface area contributed by atoms with Crippen LogP contribution in [0, 0.1) is 5.82 Å². The number of carbonyl (C=O) groups is 2. The number of thiophene rings is 1. The molecule has 4 rings (SSSR count). The Hall–Kier alpha value is -2.73. The van der Waals surface area contributed by atoms with Crippen LogP contribution in [0.4, 0.5) is 17.6 Å². The standard InChI is InChI=1S/C17H17FN2O3S.C2HF3O2/c18-11-3-1-7-19-16(11)23-13-6-5-12-15(13)22-9-8-20(12)17(21)14-4-2-10-24-14;3-2(4,5)1(6)7/h1-4,7,10,12-13,15H,5-6,8-9H2;(H,6,7)/t12-,13-,15+;/m0./s1. The predicted octanol–water partition coefficient (Wildman–Crippen LogP) is 3.37. The summed E-state index contributed by atoms with van der Waals surface area (Å²) in [5, 5.41) is 9.02. The van der Waals surface area contributed by atoms with Gasteiger partial charge in [0.05, 0.1) is 17.5 Å². The Bertz CT molecular complexity index is 909. The van der Waals surface area contributed by atoms with Crippen molar-refractivity contribution < 1.29 is 41.7 Å². The molecule has 1 aliphatic heterocycles. The molecule has 1 saturated carbocycles. The molecule has 1 saturated heterocycles. The highest BCUT2D eigenvalue weighted by Crippen LogP contribution is 2.34. The molecule has 0 spiro atoms. The number of halogens is 4. The minimum Gasteiger partial charge on any atom is -0.475 e. The number of carbonyl (C=O) groups excluding carboxylic acids is 1. The van der Waals surface area contributed by atoms with Crippen LogP contribution in [0.1, 0.15) is 22.5 Å². The van der Waals surface area contributed by atoms with E-state index in [0.29, 0.717) is 19.6 Å². The lowest BCUT2D eigenvalue weighted by Crippen LogP contribution is -2.54. The molecule has 0 unspecified atom stereocenters. The zero-order valence-electron chi connectivity index (χ0n) is 15.9. The number of morpholine rings is 1. The number of carboxylic acids is 1. The summed E-state index contributed by atoms with van der Waals surface area (Å²) in [6, 6.07) is 6.52. The van der Waals surface area contributed by atoms with Crippen LogP contribution in [0.5, 0.6) is 5.88 Å². The van der Waals surface area contributed by atoms with Crippen LogP contribution in [0.15, 0.2) is 35.8 Å². The van der Waals surface area contributed by atoms with Crippen molar-refractivity contribution in [2.45, 2.75) is 37.3 Å². The number of rotatable bonds is 3. The lowest BCUT2D eigenvalue weighted by molar-refractivity contribution is -0.192. The number of pyridine rings is 1. The van der Waals surface area contributed by atoms with Gasteiger partial charge in [-0.2, -0.15) is 13.2 Å². The number of aliphatic carboxylic acids is 1. The molecule has 2 aromatic rings. The zero-order valence-corrected chi connectivity index (χ0v) is 16.7. The minimum absolute atomic E-state index is 0.00606. The Kier molecular flexibility index (Phi) is 7.11. The Morgan fingerprint density at radius 1 is 1.26 bits per heavy atom. The van der Waals surface area contributed by atoms with E-state index in [1.165, 1.54) is 29.7 Å². The third-order valence-corrected chi connectivity index (χ3v) is 5.62. The van der Waals surface area contributed by atoms with Crippen molar-refractivity contribution in [1.29, 1.82) is 0 Å². The van der Waals surface area contributed by atoms with Crippen molar-refractivity contribution in [3.63, 3.8) is 0 Å². The second-order valence-corrected chi connectivity index (χ2v) is 7.65. The number of carboxylic acid groups (broad SMARTS) is 1. The average molecular weight is 462 g/mol. The van der Waals surface area contributed by atoms with Gasteiger partial charge in [-0.05, 0) is 36.4 Å². The lowest BCUT2D eigenvalue weighted by atomic mass is 10.1. The molecular weight excluding hydrogens is 444 g/mol. The van der Waals surface area contributed by atoms with Crippen LogP contribution in [-0.4, -0.2) is 64.4 Å². The molecule has 2 fully saturated rings. The Morgan fingerprint density at radius 3 is 2.61 bits per heavy atom. The smallest absolute Gasteiger partial charge is 0.475 e. The van der Waals surface area contributed by atoms with Gasteiger partial charge < -0.3 is 19.5 Å². The second-order valence-electron chi connectivity index (χ2n) is 6.71. The lowest BCUT2D eigenvalue weighted by Gasteiger charge is -2.38. The number of amides is 1. The molecule has 1 N–H and O–H groups in total. The van der Waals surface area contributed by atoms with Gasteiger partial charge in [-0.15, -0.1) is 11.3 Å². The fraction of sp³-hybridized carbons (Fsp3) is 0.421. The summed E-state index contributed by atoms with van der Waals surface area (Å²) < 4.78 is 57.1. The van der Waals surface area contributed by atoms with Crippen LogP contribution in [0.2, 0.25) is 0 Å². The van der Waals surface area contributed by atoms with Gasteiger partial charge in [0.1, 0.15) is 12.2 Å². The number of aromatic nitrogens is 1. The zero-order chi connectivity index (χ0) is 22.6. The molecular formula is C19H18F4N2O5S. The SMILES string of the molecule is O=C(O)C(F)(F)F.O=C(c1cccs1)N1CCO[C@H]2[C@@H](Oc3ncccc3F)CC[C@@H]21.